The molecule has 0 aliphatic carbocycles. The average molecular weight is 342 g/mol. The minimum Gasteiger partial charge on any atom is -0.354 e. The molecule has 0 amide bonds. The number of hydrogen-bond donors (Lipinski definition) is 1. The number of rotatable bonds is 5. The molecule has 0 aliphatic heterocycles. The average Bonchev–Trinajstić information content (AvgIpc) is 2.82. The Morgan fingerprint density at radius 1 is 1.26 bits per heavy atom. The Labute approximate surface area is 125 Å². The Kier molecular flexibility index (Phi) is 4.71. The van der Waals surface area contributed by atoms with Crippen molar-refractivity contribution in [3.63, 3.8) is 0 Å². The van der Waals surface area contributed by atoms with E-state index < -0.39 is 0 Å². The summed E-state index contributed by atoms with van der Waals surface area (Å²) < 4.78 is 1.01. The predicted octanol–water partition coefficient (Wildman–Crippen LogP) is 3.25. The fourth-order valence-corrected chi connectivity index (χ4v) is 2.89. The molecule has 0 atom stereocenters. The summed E-state index contributed by atoms with van der Waals surface area (Å²) in [6.07, 6.45) is 1.03. The zero-order valence-corrected chi connectivity index (χ0v) is 13.5. The maximum atomic E-state index is 4.48. The van der Waals surface area contributed by atoms with Gasteiger partial charge >= 0.3 is 0 Å². The summed E-state index contributed by atoms with van der Waals surface area (Å²) in [4.78, 5) is 15.2. The minimum absolute atomic E-state index is 0.619. The molecule has 1 N–H and O–H groups in total. The molecular weight excluding hydrogens is 326 g/mol. The van der Waals surface area contributed by atoms with Gasteiger partial charge in [0.1, 0.15) is 0 Å². The van der Waals surface area contributed by atoms with Crippen molar-refractivity contribution in [1.82, 2.24) is 15.0 Å². The summed E-state index contributed by atoms with van der Waals surface area (Å²) >= 11 is 5.14. The van der Waals surface area contributed by atoms with Crippen LogP contribution in [0.3, 0.4) is 0 Å². The fraction of sp³-hybridized carbons (Fsp3) is 0.417. The second-order valence-electron chi connectivity index (χ2n) is 4.24. The smallest absolute Gasteiger partial charge is 0.230 e. The van der Waals surface area contributed by atoms with Crippen molar-refractivity contribution in [3.05, 3.63) is 15.2 Å². The lowest BCUT2D eigenvalue weighted by atomic mass is 10.3. The number of aromatic nitrogens is 3. The van der Waals surface area contributed by atoms with Crippen LogP contribution < -0.4 is 10.2 Å². The van der Waals surface area contributed by atoms with E-state index in [2.05, 4.69) is 43.1 Å². The normalized spacial score (nSPS) is 10.5. The van der Waals surface area contributed by atoms with Gasteiger partial charge in [-0.1, -0.05) is 6.92 Å². The maximum Gasteiger partial charge on any atom is 0.230 e. The third kappa shape index (κ3) is 3.42. The summed E-state index contributed by atoms with van der Waals surface area (Å²) in [5.41, 5.74) is 0.995. The summed E-state index contributed by atoms with van der Waals surface area (Å²) in [7, 11) is 3.84. The number of hydrogen-bond acceptors (Lipinski definition) is 6. The second kappa shape index (κ2) is 6.29. The van der Waals surface area contributed by atoms with Crippen LogP contribution in [0.15, 0.2) is 15.2 Å². The first-order valence-electron chi connectivity index (χ1n) is 6.01. The van der Waals surface area contributed by atoms with Crippen molar-refractivity contribution in [2.75, 3.05) is 30.9 Å². The molecule has 0 spiro atoms. The zero-order chi connectivity index (χ0) is 13.8. The van der Waals surface area contributed by atoms with E-state index in [4.69, 9.17) is 0 Å². The van der Waals surface area contributed by atoms with E-state index in [0.29, 0.717) is 17.7 Å². The Morgan fingerprint density at radius 3 is 2.63 bits per heavy atom. The van der Waals surface area contributed by atoms with Gasteiger partial charge < -0.3 is 10.2 Å². The van der Waals surface area contributed by atoms with Crippen LogP contribution in [0.5, 0.6) is 0 Å². The number of halogens is 1. The Balaban J connectivity index is 2.42. The molecule has 0 aromatic carbocycles. The highest BCUT2D eigenvalue weighted by atomic mass is 79.9. The fourth-order valence-electron chi connectivity index (χ4n) is 1.44. The Bertz CT molecular complexity index is 555. The largest absolute Gasteiger partial charge is 0.354 e. The van der Waals surface area contributed by atoms with Gasteiger partial charge in [-0.15, -0.1) is 0 Å². The molecule has 2 aromatic rings. The van der Waals surface area contributed by atoms with Crippen molar-refractivity contribution in [3.8, 4) is 11.4 Å². The highest BCUT2D eigenvalue weighted by Gasteiger charge is 2.12. The van der Waals surface area contributed by atoms with Crippen LogP contribution in [0.1, 0.15) is 13.3 Å². The van der Waals surface area contributed by atoms with Crippen LogP contribution in [0.2, 0.25) is 0 Å². The standard InChI is InChI=1S/C12H16BrN5S/c1-4-5-14-11-15-10(8-6-19-7-9(8)13)16-12(17-11)18(2)3/h6-7H,4-5H2,1-3H3,(H,14,15,16,17). The number of thiophene rings is 1. The first-order valence-corrected chi connectivity index (χ1v) is 7.74. The van der Waals surface area contributed by atoms with Crippen LogP contribution in [0.4, 0.5) is 11.9 Å². The van der Waals surface area contributed by atoms with Crippen LogP contribution in [-0.2, 0) is 0 Å². The molecule has 5 nitrogen and oxygen atoms in total. The lowest BCUT2D eigenvalue weighted by Gasteiger charge is -2.13. The van der Waals surface area contributed by atoms with E-state index in [1.165, 1.54) is 0 Å². The molecule has 2 heterocycles. The van der Waals surface area contributed by atoms with Crippen molar-refractivity contribution in [1.29, 1.82) is 0 Å². The van der Waals surface area contributed by atoms with Gasteiger partial charge in [-0.25, -0.2) is 0 Å². The highest BCUT2D eigenvalue weighted by molar-refractivity contribution is 9.10. The first kappa shape index (κ1) is 14.2. The van der Waals surface area contributed by atoms with Gasteiger partial charge in [0.25, 0.3) is 0 Å². The van der Waals surface area contributed by atoms with Crippen molar-refractivity contribution >= 4 is 39.2 Å². The number of anilines is 2. The lowest BCUT2D eigenvalue weighted by Crippen LogP contribution is -2.16. The van der Waals surface area contributed by atoms with Crippen molar-refractivity contribution in [2.24, 2.45) is 0 Å². The zero-order valence-electron chi connectivity index (χ0n) is 11.1. The molecular formula is C12H16BrN5S. The van der Waals surface area contributed by atoms with E-state index in [0.717, 1.165) is 23.0 Å². The molecule has 0 fully saturated rings. The van der Waals surface area contributed by atoms with E-state index in [-0.39, 0.29) is 0 Å². The molecule has 2 aromatic heterocycles. The monoisotopic (exact) mass is 341 g/mol. The van der Waals surface area contributed by atoms with Gasteiger partial charge in [-0.2, -0.15) is 26.3 Å². The van der Waals surface area contributed by atoms with Crippen molar-refractivity contribution in [2.45, 2.75) is 13.3 Å². The summed E-state index contributed by atoms with van der Waals surface area (Å²) in [5, 5.41) is 7.26. The highest BCUT2D eigenvalue weighted by Crippen LogP contribution is 2.30. The Hall–Kier alpha value is -1.21. The molecule has 2 rings (SSSR count). The number of nitrogens with zero attached hydrogens (tertiary/aromatic N) is 4. The molecule has 7 heteroatoms. The quantitative estimate of drug-likeness (QED) is 0.904. The molecule has 0 radical (unpaired) electrons. The molecule has 0 saturated carbocycles. The van der Waals surface area contributed by atoms with Crippen LogP contribution >= 0.6 is 27.3 Å². The van der Waals surface area contributed by atoms with Gasteiger partial charge in [0.05, 0.1) is 0 Å². The lowest BCUT2D eigenvalue weighted by molar-refractivity contribution is 0.920. The van der Waals surface area contributed by atoms with Gasteiger partial charge in [0, 0.05) is 41.4 Å². The van der Waals surface area contributed by atoms with E-state index in [1.54, 1.807) is 11.3 Å². The van der Waals surface area contributed by atoms with Crippen LogP contribution in [0.25, 0.3) is 11.4 Å². The van der Waals surface area contributed by atoms with Gasteiger partial charge in [0.2, 0.25) is 11.9 Å². The van der Waals surface area contributed by atoms with Crippen LogP contribution in [0, 0.1) is 0 Å². The van der Waals surface area contributed by atoms with Gasteiger partial charge in [0.15, 0.2) is 5.82 Å². The molecule has 102 valence electrons. The third-order valence-corrected chi connectivity index (χ3v) is 4.12. The summed E-state index contributed by atoms with van der Waals surface area (Å²) in [5.74, 6) is 1.96. The van der Waals surface area contributed by atoms with E-state index >= 15 is 0 Å². The second-order valence-corrected chi connectivity index (χ2v) is 5.84. The summed E-state index contributed by atoms with van der Waals surface area (Å²) in [6.45, 7) is 2.96. The molecule has 0 saturated heterocycles. The maximum absolute atomic E-state index is 4.48. The summed E-state index contributed by atoms with van der Waals surface area (Å²) in [6, 6.07) is 0. The molecule has 0 aliphatic rings. The Morgan fingerprint density at radius 2 is 2.05 bits per heavy atom. The SMILES string of the molecule is CCCNc1nc(-c2cscc2Br)nc(N(C)C)n1. The van der Waals surface area contributed by atoms with E-state index in [1.807, 2.05) is 29.8 Å². The minimum atomic E-state index is 0.619. The molecule has 19 heavy (non-hydrogen) atoms. The van der Waals surface area contributed by atoms with E-state index in [9.17, 15) is 0 Å². The molecule has 0 unspecified atom stereocenters. The van der Waals surface area contributed by atoms with Gasteiger partial charge in [-0.3, -0.25) is 0 Å². The topological polar surface area (TPSA) is 53.9 Å². The predicted molar refractivity (Wildman–Crippen MR) is 83.9 cm³/mol. The number of nitrogens with one attached hydrogen (secondary N) is 1. The van der Waals surface area contributed by atoms with Gasteiger partial charge in [-0.05, 0) is 22.4 Å². The van der Waals surface area contributed by atoms with Crippen molar-refractivity contribution < 1.29 is 0 Å². The first-order chi connectivity index (χ1) is 9.11. The van der Waals surface area contributed by atoms with Crippen LogP contribution in [-0.4, -0.2) is 35.6 Å². The third-order valence-electron chi connectivity index (χ3n) is 2.41. The molecule has 0 bridgehead atoms.